The Kier molecular flexibility index (Phi) is 5.34. The van der Waals surface area contributed by atoms with E-state index in [0.29, 0.717) is 16.7 Å². The van der Waals surface area contributed by atoms with E-state index in [1.54, 1.807) is 6.20 Å². The van der Waals surface area contributed by atoms with E-state index in [2.05, 4.69) is 37.8 Å². The van der Waals surface area contributed by atoms with Gasteiger partial charge < -0.3 is 4.90 Å². The lowest BCUT2D eigenvalue weighted by Gasteiger charge is -2.27. The van der Waals surface area contributed by atoms with Crippen LogP contribution in [0.4, 0.5) is 10.9 Å². The molecule has 1 aliphatic heterocycles. The van der Waals surface area contributed by atoms with Crippen LogP contribution in [0.5, 0.6) is 0 Å². The summed E-state index contributed by atoms with van der Waals surface area (Å²) < 4.78 is 0. The zero-order valence-corrected chi connectivity index (χ0v) is 17.8. The van der Waals surface area contributed by atoms with Crippen molar-refractivity contribution in [1.82, 2.24) is 15.0 Å². The molecule has 0 aromatic carbocycles. The van der Waals surface area contributed by atoms with E-state index in [0.717, 1.165) is 51.7 Å². The first-order valence-corrected chi connectivity index (χ1v) is 10.4. The van der Waals surface area contributed by atoms with Gasteiger partial charge in [0.05, 0.1) is 23.0 Å². The number of anilines is 2. The molecule has 0 atom stereocenters. The van der Waals surface area contributed by atoms with Crippen molar-refractivity contribution in [2.24, 2.45) is 0 Å². The third kappa shape index (κ3) is 4.02. The van der Waals surface area contributed by atoms with Gasteiger partial charge in [-0.05, 0) is 37.1 Å². The van der Waals surface area contributed by atoms with Gasteiger partial charge in [0.15, 0.2) is 5.13 Å². The maximum Gasteiger partial charge on any atom is 0.249 e. The number of nitrogens with zero attached hydrogens (tertiary/aromatic N) is 4. The number of aromatic nitrogens is 3. The highest BCUT2D eigenvalue weighted by atomic mass is 35.5. The minimum Gasteiger partial charge on any atom is -0.351 e. The average molecular weight is 426 g/mol. The molecule has 3 aromatic rings. The summed E-state index contributed by atoms with van der Waals surface area (Å²) in [5, 5.41) is 3.93. The second kappa shape index (κ2) is 7.93. The lowest BCUT2D eigenvalue weighted by atomic mass is 10.1. The van der Waals surface area contributed by atoms with Gasteiger partial charge >= 0.3 is 0 Å². The number of nitrogens with one attached hydrogen (secondary N) is 1. The van der Waals surface area contributed by atoms with Crippen LogP contribution < -0.4 is 10.2 Å². The van der Waals surface area contributed by atoms with E-state index in [1.807, 2.05) is 26.1 Å². The highest BCUT2D eigenvalue weighted by molar-refractivity contribution is 7.15. The largest absolute Gasteiger partial charge is 0.351 e. The molecule has 1 amide bonds. The van der Waals surface area contributed by atoms with Crippen LogP contribution in [-0.2, 0) is 17.8 Å². The first-order chi connectivity index (χ1) is 13.9. The maximum absolute atomic E-state index is 11.5. The lowest BCUT2D eigenvalue weighted by Crippen LogP contribution is -2.30. The topological polar surface area (TPSA) is 71.0 Å². The van der Waals surface area contributed by atoms with Gasteiger partial charge in [-0.1, -0.05) is 35.6 Å². The molecule has 1 N–H and O–H groups in total. The van der Waals surface area contributed by atoms with Crippen LogP contribution in [0.15, 0.2) is 37.2 Å². The molecule has 4 heterocycles. The van der Waals surface area contributed by atoms with Gasteiger partial charge in [-0.15, -0.1) is 0 Å². The molecule has 148 valence electrons. The van der Waals surface area contributed by atoms with Crippen molar-refractivity contribution in [3.8, 4) is 11.3 Å². The van der Waals surface area contributed by atoms with E-state index >= 15 is 0 Å². The summed E-state index contributed by atoms with van der Waals surface area (Å²) in [6, 6.07) is 4.10. The number of amides is 1. The van der Waals surface area contributed by atoms with Crippen LogP contribution in [0.25, 0.3) is 11.3 Å². The standard InChI is InChI=1S/C21H20ClN5OS/c1-4-19(28)26-21-25-16-5-6-27(11-17(16)29-21)18-8-14(15(22)10-23-18)20-13(3)7-12(2)9-24-20/h4,7-10H,1,5-6,11H2,2-3H3,(H,25,26,28). The highest BCUT2D eigenvalue weighted by Crippen LogP contribution is 2.34. The predicted octanol–water partition coefficient (Wildman–Crippen LogP) is 4.56. The van der Waals surface area contributed by atoms with Crippen molar-refractivity contribution in [3.63, 3.8) is 0 Å². The molecular weight excluding hydrogens is 406 g/mol. The smallest absolute Gasteiger partial charge is 0.249 e. The fourth-order valence-corrected chi connectivity index (χ4v) is 4.60. The molecule has 4 rings (SSSR count). The van der Waals surface area contributed by atoms with Crippen molar-refractivity contribution < 1.29 is 4.79 Å². The number of aryl methyl sites for hydroxylation is 2. The van der Waals surface area contributed by atoms with Crippen molar-refractivity contribution >= 4 is 39.8 Å². The number of carbonyl (C=O) groups is 1. The van der Waals surface area contributed by atoms with Crippen molar-refractivity contribution in [2.45, 2.75) is 26.8 Å². The molecule has 0 bridgehead atoms. The Bertz CT molecular complexity index is 1110. The lowest BCUT2D eigenvalue weighted by molar-refractivity contribution is -0.111. The number of fused-ring (bicyclic) bond motifs is 1. The van der Waals surface area contributed by atoms with Gasteiger partial charge in [-0.25, -0.2) is 9.97 Å². The number of thiazole rings is 1. The average Bonchev–Trinajstić information content (AvgIpc) is 3.10. The molecule has 0 saturated heterocycles. The maximum atomic E-state index is 11.5. The summed E-state index contributed by atoms with van der Waals surface area (Å²) in [4.78, 5) is 28.5. The van der Waals surface area contributed by atoms with Crippen LogP contribution in [-0.4, -0.2) is 27.4 Å². The van der Waals surface area contributed by atoms with E-state index in [4.69, 9.17) is 11.6 Å². The van der Waals surface area contributed by atoms with E-state index in [-0.39, 0.29) is 5.91 Å². The Hall–Kier alpha value is -2.77. The zero-order valence-electron chi connectivity index (χ0n) is 16.2. The first-order valence-electron chi connectivity index (χ1n) is 9.20. The molecular formula is C21H20ClN5OS. The van der Waals surface area contributed by atoms with Gasteiger partial charge in [0.25, 0.3) is 0 Å². The van der Waals surface area contributed by atoms with Gasteiger partial charge in [0, 0.05) is 35.8 Å². The number of rotatable bonds is 4. The Labute approximate surface area is 178 Å². The fraction of sp³-hybridized carbons (Fsp3) is 0.238. The molecule has 1 aliphatic rings. The second-order valence-electron chi connectivity index (χ2n) is 6.95. The molecule has 0 spiro atoms. The van der Waals surface area contributed by atoms with Crippen LogP contribution in [0.1, 0.15) is 21.7 Å². The number of hydrogen-bond donors (Lipinski definition) is 1. The zero-order chi connectivity index (χ0) is 20.5. The fourth-order valence-electron chi connectivity index (χ4n) is 3.38. The monoisotopic (exact) mass is 425 g/mol. The number of halogens is 1. The molecule has 0 fully saturated rings. The third-order valence-electron chi connectivity index (χ3n) is 4.78. The van der Waals surface area contributed by atoms with Crippen molar-refractivity contribution in [3.05, 3.63) is 63.9 Å². The van der Waals surface area contributed by atoms with E-state index in [1.165, 1.54) is 17.4 Å². The summed E-state index contributed by atoms with van der Waals surface area (Å²) >= 11 is 7.94. The number of carbonyl (C=O) groups excluding carboxylic acids is 1. The van der Waals surface area contributed by atoms with E-state index in [9.17, 15) is 4.79 Å². The molecule has 29 heavy (non-hydrogen) atoms. The SMILES string of the molecule is C=CC(=O)Nc1nc2c(s1)CN(c1cc(-c3ncc(C)cc3C)c(Cl)cn1)CC2. The second-order valence-corrected chi connectivity index (χ2v) is 8.45. The first kappa shape index (κ1) is 19.5. The van der Waals surface area contributed by atoms with Crippen molar-refractivity contribution in [2.75, 3.05) is 16.8 Å². The molecule has 6 nitrogen and oxygen atoms in total. The molecule has 0 radical (unpaired) electrons. The molecule has 8 heteroatoms. The Morgan fingerprint density at radius 3 is 2.90 bits per heavy atom. The Balaban J connectivity index is 1.61. The summed E-state index contributed by atoms with van der Waals surface area (Å²) in [6.07, 6.45) is 5.57. The van der Waals surface area contributed by atoms with Crippen LogP contribution in [0.3, 0.4) is 0 Å². The Morgan fingerprint density at radius 2 is 2.14 bits per heavy atom. The van der Waals surface area contributed by atoms with Gasteiger partial charge in [-0.3, -0.25) is 15.1 Å². The number of pyridine rings is 2. The minimum atomic E-state index is -0.252. The van der Waals surface area contributed by atoms with Crippen LogP contribution in [0.2, 0.25) is 5.02 Å². The molecule has 0 saturated carbocycles. The predicted molar refractivity (Wildman–Crippen MR) is 118 cm³/mol. The van der Waals surface area contributed by atoms with Crippen molar-refractivity contribution in [1.29, 1.82) is 0 Å². The molecule has 0 aliphatic carbocycles. The summed E-state index contributed by atoms with van der Waals surface area (Å²) in [5.41, 5.74) is 4.97. The normalized spacial score (nSPS) is 13.1. The molecule has 0 unspecified atom stereocenters. The summed E-state index contributed by atoms with van der Waals surface area (Å²) in [7, 11) is 0. The highest BCUT2D eigenvalue weighted by Gasteiger charge is 2.23. The van der Waals surface area contributed by atoms with Crippen LogP contribution in [0, 0.1) is 13.8 Å². The van der Waals surface area contributed by atoms with Gasteiger partial charge in [0.1, 0.15) is 5.82 Å². The minimum absolute atomic E-state index is 0.252. The molecule has 3 aromatic heterocycles. The Morgan fingerprint density at radius 1 is 1.31 bits per heavy atom. The quantitative estimate of drug-likeness (QED) is 0.620. The number of hydrogen-bond acceptors (Lipinski definition) is 6. The van der Waals surface area contributed by atoms with Gasteiger partial charge in [0.2, 0.25) is 5.91 Å². The van der Waals surface area contributed by atoms with Gasteiger partial charge in [-0.2, -0.15) is 0 Å². The third-order valence-corrected chi connectivity index (χ3v) is 6.08. The summed E-state index contributed by atoms with van der Waals surface area (Å²) in [6.45, 7) is 9.01. The van der Waals surface area contributed by atoms with Crippen LogP contribution >= 0.6 is 22.9 Å². The van der Waals surface area contributed by atoms with E-state index < -0.39 is 0 Å². The summed E-state index contributed by atoms with van der Waals surface area (Å²) in [5.74, 6) is 0.597.